The predicted octanol–water partition coefficient (Wildman–Crippen LogP) is 3.74. The van der Waals surface area contributed by atoms with Gasteiger partial charge in [-0.15, -0.1) is 11.8 Å². The summed E-state index contributed by atoms with van der Waals surface area (Å²) in [7, 11) is 0. The van der Waals surface area contributed by atoms with E-state index in [9.17, 15) is 14.9 Å². The highest BCUT2D eigenvalue weighted by Crippen LogP contribution is 2.21. The Kier molecular flexibility index (Phi) is 7.64. The molecule has 7 heteroatoms. The Morgan fingerprint density at radius 2 is 1.79 bits per heavy atom. The minimum atomic E-state index is -0.436. The minimum absolute atomic E-state index is 0.0290. The molecule has 0 heterocycles. The van der Waals surface area contributed by atoms with Crippen LogP contribution in [0.25, 0.3) is 0 Å². The maximum Gasteiger partial charge on any atom is 0.269 e. The molecule has 24 heavy (non-hydrogen) atoms. The molecule has 1 N–H and O–H groups in total. The summed E-state index contributed by atoms with van der Waals surface area (Å²) < 4.78 is 0. The third-order valence-electron chi connectivity index (χ3n) is 3.10. The molecule has 0 bridgehead atoms. The number of nitrogens with one attached hydrogen (secondary N) is 1. The van der Waals surface area contributed by atoms with Gasteiger partial charge in [0.05, 0.1) is 10.7 Å². The van der Waals surface area contributed by atoms with E-state index in [1.807, 2.05) is 18.2 Å². The summed E-state index contributed by atoms with van der Waals surface area (Å²) in [6.07, 6.45) is 0. The molecule has 1 amide bonds. The molecule has 0 radical (unpaired) electrons. The van der Waals surface area contributed by atoms with Gasteiger partial charge < -0.3 is 5.32 Å². The van der Waals surface area contributed by atoms with E-state index in [0.717, 1.165) is 16.4 Å². The van der Waals surface area contributed by atoms with Gasteiger partial charge in [0.25, 0.3) is 5.69 Å². The average Bonchev–Trinajstić information content (AvgIpc) is 2.61. The van der Waals surface area contributed by atoms with E-state index in [1.165, 1.54) is 29.5 Å². The number of nitro benzene ring substituents is 1. The second-order valence-corrected chi connectivity index (χ2v) is 7.08. The van der Waals surface area contributed by atoms with Crippen LogP contribution >= 0.6 is 23.5 Å². The predicted molar refractivity (Wildman–Crippen MR) is 99.4 cm³/mol. The van der Waals surface area contributed by atoms with Gasteiger partial charge >= 0.3 is 0 Å². The number of benzene rings is 2. The van der Waals surface area contributed by atoms with Gasteiger partial charge in [0.15, 0.2) is 0 Å². The van der Waals surface area contributed by atoms with Gasteiger partial charge in [0.1, 0.15) is 0 Å². The van der Waals surface area contributed by atoms with Crippen LogP contribution in [0.1, 0.15) is 5.56 Å². The number of nitrogens with zero attached hydrogens (tertiary/aromatic N) is 1. The Balaban J connectivity index is 1.59. The monoisotopic (exact) mass is 362 g/mol. The molecular formula is C17H18N2O3S2. The van der Waals surface area contributed by atoms with Crippen LogP contribution in [0.4, 0.5) is 5.69 Å². The minimum Gasteiger partial charge on any atom is -0.355 e. The first kappa shape index (κ1) is 18.4. The number of hydrogen-bond donors (Lipinski definition) is 1. The molecule has 0 atom stereocenters. The number of amides is 1. The number of non-ortho nitro benzene ring substituents is 1. The van der Waals surface area contributed by atoms with Gasteiger partial charge in [-0.25, -0.2) is 0 Å². The Bertz CT molecular complexity index is 663. The summed E-state index contributed by atoms with van der Waals surface area (Å²) in [4.78, 5) is 22.8. The smallest absolute Gasteiger partial charge is 0.269 e. The molecule has 0 aromatic heterocycles. The number of carbonyl (C=O) groups is 1. The van der Waals surface area contributed by atoms with Crippen molar-refractivity contribution in [3.8, 4) is 0 Å². The van der Waals surface area contributed by atoms with Crippen molar-refractivity contribution < 1.29 is 9.72 Å². The maximum absolute atomic E-state index is 11.8. The zero-order chi connectivity index (χ0) is 17.2. The molecular weight excluding hydrogens is 344 g/mol. The van der Waals surface area contributed by atoms with Crippen molar-refractivity contribution in [2.75, 3.05) is 18.1 Å². The van der Waals surface area contributed by atoms with Crippen LogP contribution in [0.15, 0.2) is 59.5 Å². The highest BCUT2D eigenvalue weighted by atomic mass is 32.2. The molecule has 0 aliphatic rings. The van der Waals surface area contributed by atoms with E-state index in [-0.39, 0.29) is 11.6 Å². The van der Waals surface area contributed by atoms with Gasteiger partial charge in [0.2, 0.25) is 5.91 Å². The van der Waals surface area contributed by atoms with E-state index in [2.05, 4.69) is 17.4 Å². The van der Waals surface area contributed by atoms with Crippen molar-refractivity contribution in [3.63, 3.8) is 0 Å². The largest absolute Gasteiger partial charge is 0.355 e. The first-order chi connectivity index (χ1) is 11.6. The van der Waals surface area contributed by atoms with Gasteiger partial charge in [-0.3, -0.25) is 14.9 Å². The van der Waals surface area contributed by atoms with Crippen molar-refractivity contribution >= 4 is 35.1 Å². The number of nitro groups is 1. The van der Waals surface area contributed by atoms with Gasteiger partial charge in [-0.2, -0.15) is 11.8 Å². The van der Waals surface area contributed by atoms with Crippen molar-refractivity contribution in [2.45, 2.75) is 10.6 Å². The summed E-state index contributed by atoms with van der Waals surface area (Å²) >= 11 is 3.15. The number of carbonyl (C=O) groups excluding carboxylic acids is 1. The lowest BCUT2D eigenvalue weighted by molar-refractivity contribution is -0.384. The van der Waals surface area contributed by atoms with E-state index < -0.39 is 4.92 Å². The molecule has 2 aromatic rings. The molecule has 0 aliphatic carbocycles. The summed E-state index contributed by atoms with van der Waals surface area (Å²) in [5, 5.41) is 13.5. The molecule has 5 nitrogen and oxygen atoms in total. The zero-order valence-electron chi connectivity index (χ0n) is 13.0. The molecule has 0 fully saturated rings. The molecule has 0 aliphatic heterocycles. The van der Waals surface area contributed by atoms with Crippen molar-refractivity contribution in [3.05, 3.63) is 70.3 Å². The summed E-state index contributed by atoms with van der Waals surface area (Å²) in [6, 6.07) is 16.4. The van der Waals surface area contributed by atoms with Gasteiger partial charge in [-0.1, -0.05) is 30.3 Å². The van der Waals surface area contributed by atoms with Crippen molar-refractivity contribution in [1.29, 1.82) is 0 Å². The van der Waals surface area contributed by atoms with E-state index >= 15 is 0 Å². The SMILES string of the molecule is O=C(CSc1ccc([N+](=O)[O-])cc1)NCCSCc1ccccc1. The first-order valence-electron chi connectivity index (χ1n) is 7.41. The third-order valence-corrected chi connectivity index (χ3v) is 5.14. The lowest BCUT2D eigenvalue weighted by Gasteiger charge is -2.05. The highest BCUT2D eigenvalue weighted by molar-refractivity contribution is 8.00. The second kappa shape index (κ2) is 10.00. The fourth-order valence-electron chi connectivity index (χ4n) is 1.89. The number of thioether (sulfide) groups is 2. The second-order valence-electron chi connectivity index (χ2n) is 4.93. The Morgan fingerprint density at radius 1 is 1.08 bits per heavy atom. The van der Waals surface area contributed by atoms with Crippen LogP contribution in [-0.4, -0.2) is 28.9 Å². The van der Waals surface area contributed by atoms with Crippen LogP contribution in [-0.2, 0) is 10.5 Å². The molecule has 0 unspecified atom stereocenters. The topological polar surface area (TPSA) is 72.2 Å². The Morgan fingerprint density at radius 3 is 2.46 bits per heavy atom. The van der Waals surface area contributed by atoms with Crippen molar-refractivity contribution in [1.82, 2.24) is 5.32 Å². The standard InChI is InChI=1S/C17H18N2O3S2/c20-17(13-24-16-8-6-15(7-9-16)19(21)22)18-10-11-23-12-14-4-2-1-3-5-14/h1-9H,10-13H2,(H,18,20). The van der Waals surface area contributed by atoms with Crippen molar-refractivity contribution in [2.24, 2.45) is 0 Å². The van der Waals surface area contributed by atoms with E-state index in [4.69, 9.17) is 0 Å². The average molecular weight is 362 g/mol. The Hall–Kier alpha value is -1.99. The van der Waals surface area contributed by atoms with E-state index in [1.54, 1.807) is 23.9 Å². The molecule has 0 saturated heterocycles. The number of hydrogen-bond acceptors (Lipinski definition) is 5. The van der Waals surface area contributed by atoms with E-state index in [0.29, 0.717) is 12.3 Å². The van der Waals surface area contributed by atoms with Crippen LogP contribution in [0.3, 0.4) is 0 Å². The summed E-state index contributed by atoms with van der Waals surface area (Å²) in [5.74, 6) is 2.08. The first-order valence-corrected chi connectivity index (χ1v) is 9.55. The third kappa shape index (κ3) is 6.64. The van der Waals surface area contributed by atoms with Crippen LogP contribution in [0.5, 0.6) is 0 Å². The zero-order valence-corrected chi connectivity index (χ0v) is 14.6. The van der Waals surface area contributed by atoms with Crippen LogP contribution in [0, 0.1) is 10.1 Å². The maximum atomic E-state index is 11.8. The highest BCUT2D eigenvalue weighted by Gasteiger charge is 2.06. The molecule has 2 aromatic carbocycles. The lowest BCUT2D eigenvalue weighted by Crippen LogP contribution is -2.27. The quantitative estimate of drug-likeness (QED) is 0.318. The fraction of sp³-hybridized carbons (Fsp3) is 0.235. The normalized spacial score (nSPS) is 10.3. The Labute approximate surface area is 149 Å². The van der Waals surface area contributed by atoms with Gasteiger partial charge in [-0.05, 0) is 17.7 Å². The molecule has 0 saturated carbocycles. The number of rotatable bonds is 9. The lowest BCUT2D eigenvalue weighted by atomic mass is 10.2. The molecule has 0 spiro atoms. The van der Waals surface area contributed by atoms with Crippen LogP contribution < -0.4 is 5.32 Å². The van der Waals surface area contributed by atoms with Gasteiger partial charge in [0, 0.05) is 35.1 Å². The molecule has 2 rings (SSSR count). The molecule has 126 valence electrons. The fourth-order valence-corrected chi connectivity index (χ4v) is 3.44. The summed E-state index contributed by atoms with van der Waals surface area (Å²) in [6.45, 7) is 0.636. The summed E-state index contributed by atoms with van der Waals surface area (Å²) in [5.41, 5.74) is 1.33. The van der Waals surface area contributed by atoms with Crippen LogP contribution in [0.2, 0.25) is 0 Å².